The normalized spacial score (nSPS) is 10.3. The summed E-state index contributed by atoms with van der Waals surface area (Å²) < 4.78 is 6.26. The minimum Gasteiger partial charge on any atom is -0.496 e. The molecule has 0 unspecified atom stereocenters. The van der Waals surface area contributed by atoms with Crippen molar-refractivity contribution in [2.75, 3.05) is 19.2 Å². The summed E-state index contributed by atoms with van der Waals surface area (Å²) in [6.45, 7) is -0.465. The number of nitrogens with zero attached hydrogens (tertiary/aromatic N) is 1. The molecule has 0 aliphatic rings. The van der Waals surface area contributed by atoms with Gasteiger partial charge in [0.2, 0.25) is 0 Å². The highest BCUT2D eigenvalue weighted by Gasteiger charge is 2.13. The number of aliphatic hydroxyl groups excluding tert-OH is 1. The molecule has 3 rings (SSSR count). The highest BCUT2D eigenvalue weighted by atomic mass is 32.1. The molecule has 2 amide bonds. The van der Waals surface area contributed by atoms with Crippen molar-refractivity contribution < 1.29 is 19.4 Å². The minimum absolute atomic E-state index is 0.399. The molecule has 8 heteroatoms. The second-order valence-electron chi connectivity index (χ2n) is 5.39. The zero-order valence-corrected chi connectivity index (χ0v) is 15.1. The number of ether oxygens (including phenoxy) is 1. The number of carbonyl (C=O) groups is 2. The van der Waals surface area contributed by atoms with Crippen molar-refractivity contribution in [3.63, 3.8) is 0 Å². The number of terminal acetylenes is 1. The molecule has 7 nitrogen and oxygen atoms in total. The van der Waals surface area contributed by atoms with E-state index in [0.717, 1.165) is 15.8 Å². The highest BCUT2D eigenvalue weighted by molar-refractivity contribution is 7.22. The van der Waals surface area contributed by atoms with Crippen molar-refractivity contribution in [1.29, 1.82) is 0 Å². The monoisotopic (exact) mass is 381 g/mol. The molecular weight excluding hydrogens is 366 g/mol. The van der Waals surface area contributed by atoms with Crippen LogP contribution >= 0.6 is 11.3 Å². The molecule has 0 spiro atoms. The lowest BCUT2D eigenvalue weighted by Gasteiger charge is -2.11. The van der Waals surface area contributed by atoms with Crippen LogP contribution < -0.4 is 15.4 Å². The van der Waals surface area contributed by atoms with Gasteiger partial charge in [0.15, 0.2) is 11.4 Å². The summed E-state index contributed by atoms with van der Waals surface area (Å²) in [5.74, 6) is 3.03. The summed E-state index contributed by atoms with van der Waals surface area (Å²) >= 11 is 1.28. The average molecular weight is 381 g/mol. The van der Waals surface area contributed by atoms with Gasteiger partial charge in [-0.2, -0.15) is 0 Å². The summed E-state index contributed by atoms with van der Waals surface area (Å²) in [7, 11) is 1.53. The van der Waals surface area contributed by atoms with Gasteiger partial charge in [-0.15, -0.1) is 6.42 Å². The molecular formula is C19H15N3O4S. The van der Waals surface area contributed by atoms with E-state index in [1.165, 1.54) is 18.4 Å². The Morgan fingerprint density at radius 3 is 2.89 bits per heavy atom. The molecule has 136 valence electrons. The van der Waals surface area contributed by atoms with Gasteiger partial charge in [-0.05, 0) is 29.8 Å². The first-order valence-electron chi connectivity index (χ1n) is 7.80. The lowest BCUT2D eigenvalue weighted by molar-refractivity contribution is 0.112. The predicted octanol–water partition coefficient (Wildman–Crippen LogP) is 2.84. The van der Waals surface area contributed by atoms with Gasteiger partial charge in [-0.25, -0.2) is 9.78 Å². The number of carbonyl (C=O) groups excluding carboxylic acids is 2. The van der Waals surface area contributed by atoms with E-state index < -0.39 is 12.8 Å². The van der Waals surface area contributed by atoms with E-state index in [1.807, 2.05) is 18.2 Å². The van der Waals surface area contributed by atoms with E-state index in [1.54, 1.807) is 12.1 Å². The van der Waals surface area contributed by atoms with Gasteiger partial charge in [-0.1, -0.05) is 23.3 Å². The smallest absolute Gasteiger partial charge is 0.322 e. The van der Waals surface area contributed by atoms with Gasteiger partial charge in [0.05, 0.1) is 17.3 Å². The van der Waals surface area contributed by atoms with Gasteiger partial charge in [-0.3, -0.25) is 10.1 Å². The zero-order valence-electron chi connectivity index (χ0n) is 14.3. The van der Waals surface area contributed by atoms with Crippen LogP contribution in [0.25, 0.3) is 21.3 Å². The minimum atomic E-state index is -0.543. The number of hydrogen-bond acceptors (Lipinski definition) is 6. The first-order valence-corrected chi connectivity index (χ1v) is 8.61. The van der Waals surface area contributed by atoms with Crippen LogP contribution in [0.4, 0.5) is 9.93 Å². The van der Waals surface area contributed by atoms with Crippen molar-refractivity contribution in [1.82, 2.24) is 10.3 Å². The molecule has 0 radical (unpaired) electrons. The molecule has 0 atom stereocenters. The number of methoxy groups -OCH3 is 1. The van der Waals surface area contributed by atoms with Crippen molar-refractivity contribution in [2.45, 2.75) is 0 Å². The quantitative estimate of drug-likeness (QED) is 0.358. The fraction of sp³-hybridized carbons (Fsp3) is 0.105. The highest BCUT2D eigenvalue weighted by Crippen LogP contribution is 2.36. The van der Waals surface area contributed by atoms with Gasteiger partial charge in [0.25, 0.3) is 0 Å². The fourth-order valence-electron chi connectivity index (χ4n) is 2.57. The molecule has 3 N–H and O–H groups in total. The Labute approximate surface area is 159 Å². The van der Waals surface area contributed by atoms with Crippen LogP contribution in [-0.4, -0.2) is 36.2 Å². The number of urea groups is 1. The van der Waals surface area contributed by atoms with Crippen LogP contribution in [0.2, 0.25) is 0 Å². The third-order valence-corrected chi connectivity index (χ3v) is 4.75. The molecule has 0 fully saturated rings. The van der Waals surface area contributed by atoms with E-state index in [2.05, 4.69) is 21.5 Å². The largest absolute Gasteiger partial charge is 0.496 e. The molecule has 0 aliphatic carbocycles. The van der Waals surface area contributed by atoms with Gasteiger partial charge in [0, 0.05) is 16.7 Å². The van der Waals surface area contributed by atoms with Crippen LogP contribution in [0.1, 0.15) is 15.9 Å². The SMILES string of the molecule is C#Cc1cc(OC)c(-c2ccc3nc(NC(=O)NCO)sc3c2)cc1C=O. The molecule has 2 aromatic carbocycles. The number of aliphatic hydroxyl groups is 1. The number of thiazole rings is 1. The molecule has 1 heterocycles. The summed E-state index contributed by atoms with van der Waals surface area (Å²) in [6, 6.07) is 8.36. The van der Waals surface area contributed by atoms with Gasteiger partial charge >= 0.3 is 6.03 Å². The number of anilines is 1. The first kappa shape index (κ1) is 18.4. The zero-order chi connectivity index (χ0) is 19.4. The number of amides is 2. The second-order valence-corrected chi connectivity index (χ2v) is 6.42. The maximum atomic E-state index is 11.5. The molecule has 0 aliphatic heterocycles. The maximum Gasteiger partial charge on any atom is 0.322 e. The van der Waals surface area contributed by atoms with Crippen molar-refractivity contribution in [3.05, 3.63) is 41.5 Å². The van der Waals surface area contributed by atoms with E-state index >= 15 is 0 Å². The van der Waals surface area contributed by atoms with Crippen LogP contribution in [-0.2, 0) is 0 Å². The van der Waals surface area contributed by atoms with Crippen LogP contribution in [0.5, 0.6) is 5.75 Å². The third-order valence-electron chi connectivity index (χ3n) is 3.81. The number of benzene rings is 2. The van der Waals surface area contributed by atoms with Crippen molar-refractivity contribution in [3.8, 4) is 29.2 Å². The van der Waals surface area contributed by atoms with Crippen LogP contribution in [0, 0.1) is 12.3 Å². The Hall–Kier alpha value is -3.41. The maximum absolute atomic E-state index is 11.5. The molecule has 3 aromatic rings. The lowest BCUT2D eigenvalue weighted by atomic mass is 9.98. The number of rotatable bonds is 5. The van der Waals surface area contributed by atoms with E-state index in [0.29, 0.717) is 33.8 Å². The van der Waals surface area contributed by atoms with E-state index in [-0.39, 0.29) is 0 Å². The van der Waals surface area contributed by atoms with Crippen molar-refractivity contribution in [2.24, 2.45) is 0 Å². The average Bonchev–Trinajstić information content (AvgIpc) is 3.08. The Kier molecular flexibility index (Phi) is 5.35. The summed E-state index contributed by atoms with van der Waals surface area (Å²) in [5, 5.41) is 13.9. The summed E-state index contributed by atoms with van der Waals surface area (Å²) in [5.41, 5.74) is 3.12. The summed E-state index contributed by atoms with van der Waals surface area (Å²) in [4.78, 5) is 27.2. The van der Waals surface area contributed by atoms with E-state index in [4.69, 9.17) is 16.3 Å². The topological polar surface area (TPSA) is 101 Å². The number of aromatic nitrogens is 1. The lowest BCUT2D eigenvalue weighted by Crippen LogP contribution is -2.29. The number of fused-ring (bicyclic) bond motifs is 1. The molecule has 27 heavy (non-hydrogen) atoms. The molecule has 0 saturated carbocycles. The first-order chi connectivity index (χ1) is 13.1. The van der Waals surface area contributed by atoms with Crippen LogP contribution in [0.3, 0.4) is 0 Å². The van der Waals surface area contributed by atoms with E-state index in [9.17, 15) is 9.59 Å². The Bertz CT molecular complexity index is 1070. The Balaban J connectivity index is 2.03. The van der Waals surface area contributed by atoms with Crippen LogP contribution in [0.15, 0.2) is 30.3 Å². The molecule has 1 aromatic heterocycles. The van der Waals surface area contributed by atoms with Crippen molar-refractivity contribution >= 4 is 39.0 Å². The fourth-order valence-corrected chi connectivity index (χ4v) is 3.47. The van der Waals surface area contributed by atoms with Gasteiger partial charge < -0.3 is 15.2 Å². The second kappa shape index (κ2) is 7.86. The number of aldehydes is 1. The Morgan fingerprint density at radius 2 is 2.22 bits per heavy atom. The number of hydrogen-bond donors (Lipinski definition) is 3. The number of nitrogens with one attached hydrogen (secondary N) is 2. The molecule has 0 saturated heterocycles. The predicted molar refractivity (Wildman–Crippen MR) is 104 cm³/mol. The van der Waals surface area contributed by atoms with Gasteiger partial charge in [0.1, 0.15) is 12.5 Å². The molecule has 0 bridgehead atoms. The standard InChI is InChI=1S/C19H15N3O4S/c1-3-11-7-16(26-2)14(6-13(11)9-23)12-4-5-15-17(8-12)27-19(21-15)22-18(25)20-10-24/h1,4-9,24H,10H2,2H3,(H2,20,21,22,25). The third kappa shape index (κ3) is 3.74. The Morgan fingerprint density at radius 1 is 1.41 bits per heavy atom. The summed E-state index contributed by atoms with van der Waals surface area (Å²) in [6.07, 6.45) is 6.16.